The van der Waals surface area contributed by atoms with Crippen LogP contribution in [0.15, 0.2) is 48.5 Å². The molecule has 0 unspecified atom stereocenters. The summed E-state index contributed by atoms with van der Waals surface area (Å²) in [6.07, 6.45) is 0.565. The highest BCUT2D eigenvalue weighted by molar-refractivity contribution is 5.98. The van der Waals surface area contributed by atoms with Gasteiger partial charge in [0, 0.05) is 11.6 Å². The van der Waals surface area contributed by atoms with Crippen molar-refractivity contribution in [2.24, 2.45) is 0 Å². The Morgan fingerprint density at radius 3 is 1.93 bits per heavy atom. The maximum Gasteiger partial charge on any atom is 0.347 e. The monoisotopic (exact) mass is 596 g/mol. The van der Waals surface area contributed by atoms with Crippen LogP contribution in [0.4, 0.5) is 0 Å². The number of aryl methyl sites for hydroxylation is 2. The number of ether oxygens (including phenoxy) is 4. The fourth-order valence-electron chi connectivity index (χ4n) is 5.14. The van der Waals surface area contributed by atoms with Crippen molar-refractivity contribution >= 4 is 18.2 Å². The number of rotatable bonds is 9. The highest BCUT2D eigenvalue weighted by Gasteiger charge is 2.27. The Morgan fingerprint density at radius 2 is 1.34 bits per heavy atom. The number of hydrogen-bond donors (Lipinski definition) is 1. The average molecular weight is 597 g/mol. The molecular formula is C36H36O8. The summed E-state index contributed by atoms with van der Waals surface area (Å²) in [5.41, 5.74) is 5.48. The van der Waals surface area contributed by atoms with Gasteiger partial charge in [-0.3, -0.25) is 4.79 Å². The molecule has 0 bridgehead atoms. The Hall–Kier alpha value is -5.11. The van der Waals surface area contributed by atoms with Gasteiger partial charge in [-0.1, -0.05) is 30.3 Å². The van der Waals surface area contributed by atoms with Gasteiger partial charge >= 0.3 is 11.9 Å². The molecule has 228 valence electrons. The van der Waals surface area contributed by atoms with Gasteiger partial charge in [0.05, 0.1) is 18.2 Å². The molecule has 0 saturated heterocycles. The molecule has 0 aliphatic carbocycles. The lowest BCUT2D eigenvalue weighted by atomic mass is 9.93. The van der Waals surface area contributed by atoms with Crippen LogP contribution >= 0.6 is 0 Å². The van der Waals surface area contributed by atoms with E-state index in [1.165, 1.54) is 7.11 Å². The second kappa shape index (κ2) is 13.0. The van der Waals surface area contributed by atoms with E-state index in [1.54, 1.807) is 66.7 Å². The summed E-state index contributed by atoms with van der Waals surface area (Å²) in [5.74, 6) is -0.101. The number of carbonyl (C=O) groups excluding carboxylic acids is 3. The third-order valence-corrected chi connectivity index (χ3v) is 7.97. The van der Waals surface area contributed by atoms with Gasteiger partial charge in [-0.05, 0) is 99.5 Å². The Labute approximate surface area is 257 Å². The number of carbonyl (C=O) groups is 3. The highest BCUT2D eigenvalue weighted by Crippen LogP contribution is 2.37. The molecule has 4 rings (SSSR count). The lowest BCUT2D eigenvalue weighted by Crippen LogP contribution is -2.18. The molecule has 0 aliphatic rings. The van der Waals surface area contributed by atoms with Crippen LogP contribution in [-0.2, 0) is 6.61 Å². The van der Waals surface area contributed by atoms with Gasteiger partial charge in [0.25, 0.3) is 0 Å². The zero-order valence-corrected chi connectivity index (χ0v) is 26.2. The van der Waals surface area contributed by atoms with E-state index in [0.29, 0.717) is 69.1 Å². The van der Waals surface area contributed by atoms with Gasteiger partial charge in [-0.15, -0.1) is 0 Å². The number of aldehydes is 1. The van der Waals surface area contributed by atoms with Crippen LogP contribution in [-0.4, -0.2) is 30.4 Å². The molecule has 0 fully saturated rings. The molecule has 0 radical (unpaired) electrons. The highest BCUT2D eigenvalue weighted by atomic mass is 16.5. The molecule has 44 heavy (non-hydrogen) atoms. The van der Waals surface area contributed by atoms with E-state index in [9.17, 15) is 19.5 Å². The van der Waals surface area contributed by atoms with Crippen molar-refractivity contribution in [3.63, 3.8) is 0 Å². The Kier molecular flexibility index (Phi) is 9.43. The minimum Gasteiger partial charge on any atom is -0.507 e. The number of hydrogen-bond acceptors (Lipinski definition) is 8. The molecule has 1 N–H and O–H groups in total. The van der Waals surface area contributed by atoms with Crippen molar-refractivity contribution in [3.05, 3.63) is 110 Å². The van der Waals surface area contributed by atoms with E-state index < -0.39 is 11.9 Å². The lowest BCUT2D eigenvalue weighted by Gasteiger charge is -2.21. The van der Waals surface area contributed by atoms with E-state index >= 15 is 0 Å². The minimum absolute atomic E-state index is 0.147. The predicted molar refractivity (Wildman–Crippen MR) is 167 cm³/mol. The van der Waals surface area contributed by atoms with Crippen molar-refractivity contribution in [1.29, 1.82) is 0 Å². The first-order valence-corrected chi connectivity index (χ1v) is 14.1. The molecule has 4 aromatic rings. The average Bonchev–Trinajstić information content (AvgIpc) is 3.00. The van der Waals surface area contributed by atoms with Crippen molar-refractivity contribution in [2.75, 3.05) is 7.11 Å². The summed E-state index contributed by atoms with van der Waals surface area (Å²) in [5, 5.41) is 10.4. The SMILES string of the molecule is COc1cc(OCc2ccccc2)cc(C)c1C(=O)Oc1c(C)c(C)c(C(=O)Oc2cc(C)c(C=O)c(O)c2C)c(C)c1C. The van der Waals surface area contributed by atoms with Gasteiger partial charge in [0.1, 0.15) is 40.9 Å². The molecule has 0 aliphatic heterocycles. The van der Waals surface area contributed by atoms with Gasteiger partial charge < -0.3 is 24.1 Å². The van der Waals surface area contributed by atoms with E-state index in [2.05, 4.69) is 0 Å². The maximum absolute atomic E-state index is 13.6. The van der Waals surface area contributed by atoms with E-state index in [0.717, 1.165) is 5.56 Å². The zero-order valence-electron chi connectivity index (χ0n) is 26.2. The lowest BCUT2D eigenvalue weighted by molar-refractivity contribution is 0.0725. The molecular weight excluding hydrogens is 560 g/mol. The van der Waals surface area contributed by atoms with Crippen LogP contribution in [0.3, 0.4) is 0 Å². The number of benzene rings is 4. The van der Waals surface area contributed by atoms with E-state index in [1.807, 2.05) is 30.3 Å². The number of esters is 2. The Morgan fingerprint density at radius 1 is 0.727 bits per heavy atom. The molecule has 0 atom stereocenters. The van der Waals surface area contributed by atoms with Crippen LogP contribution in [0.5, 0.6) is 28.7 Å². The number of phenolic OH excluding ortho intramolecular Hbond substituents is 1. The number of phenols is 1. The maximum atomic E-state index is 13.6. The van der Waals surface area contributed by atoms with Crippen LogP contribution in [0, 0.1) is 48.5 Å². The van der Waals surface area contributed by atoms with Gasteiger partial charge in [-0.25, -0.2) is 9.59 Å². The summed E-state index contributed by atoms with van der Waals surface area (Å²) in [6, 6.07) is 14.7. The Balaban J connectivity index is 1.62. The van der Waals surface area contributed by atoms with E-state index in [4.69, 9.17) is 18.9 Å². The van der Waals surface area contributed by atoms with Crippen molar-refractivity contribution in [1.82, 2.24) is 0 Å². The van der Waals surface area contributed by atoms with Crippen LogP contribution < -0.4 is 18.9 Å². The van der Waals surface area contributed by atoms with Crippen molar-refractivity contribution < 1.29 is 38.4 Å². The van der Waals surface area contributed by atoms with Crippen LogP contribution in [0.1, 0.15) is 75.6 Å². The first-order valence-electron chi connectivity index (χ1n) is 14.1. The van der Waals surface area contributed by atoms with Gasteiger partial charge in [0.2, 0.25) is 0 Å². The van der Waals surface area contributed by atoms with Gasteiger partial charge in [0.15, 0.2) is 6.29 Å². The molecule has 0 aromatic heterocycles. The normalized spacial score (nSPS) is 10.7. The summed E-state index contributed by atoms with van der Waals surface area (Å²) >= 11 is 0. The third kappa shape index (κ3) is 6.15. The number of aromatic hydroxyl groups is 1. The summed E-state index contributed by atoms with van der Waals surface area (Å²) in [7, 11) is 1.48. The Bertz CT molecular complexity index is 1740. The molecule has 0 heterocycles. The first kappa shape index (κ1) is 31.8. The second-order valence-corrected chi connectivity index (χ2v) is 10.8. The first-order chi connectivity index (χ1) is 20.9. The minimum atomic E-state index is -0.631. The molecule has 4 aromatic carbocycles. The fourth-order valence-corrected chi connectivity index (χ4v) is 5.14. The topological polar surface area (TPSA) is 108 Å². The second-order valence-electron chi connectivity index (χ2n) is 10.8. The van der Waals surface area contributed by atoms with Crippen molar-refractivity contribution in [2.45, 2.75) is 55.1 Å². The summed E-state index contributed by atoms with van der Waals surface area (Å²) < 4.78 is 23.2. The predicted octanol–water partition coefficient (Wildman–Crippen LogP) is 7.39. The van der Waals surface area contributed by atoms with Crippen molar-refractivity contribution in [3.8, 4) is 28.7 Å². The molecule has 0 spiro atoms. The summed E-state index contributed by atoms with van der Waals surface area (Å²) in [4.78, 5) is 38.3. The van der Waals surface area contributed by atoms with Crippen LogP contribution in [0.25, 0.3) is 0 Å². The molecule has 8 nitrogen and oxygen atoms in total. The fraction of sp³-hybridized carbons (Fsp3) is 0.250. The quantitative estimate of drug-likeness (QED) is 0.121. The summed E-state index contributed by atoms with van der Waals surface area (Å²) in [6.45, 7) is 12.4. The van der Waals surface area contributed by atoms with E-state index in [-0.39, 0.29) is 28.2 Å². The van der Waals surface area contributed by atoms with Crippen LogP contribution in [0.2, 0.25) is 0 Å². The number of methoxy groups -OCH3 is 1. The third-order valence-electron chi connectivity index (χ3n) is 7.97. The standard InChI is InChI=1S/C36H36O8/c1-19-15-29(25(7)33(38)28(19)17-37)43-36(40)32-21(3)23(5)34(24(6)22(32)4)44-35(39)31-20(2)14-27(16-30(31)41-8)42-18-26-12-10-9-11-13-26/h9-17,38H,18H2,1-8H3. The molecule has 0 saturated carbocycles. The zero-order chi connectivity index (χ0) is 32.3. The smallest absolute Gasteiger partial charge is 0.347 e. The molecule has 8 heteroatoms. The largest absolute Gasteiger partial charge is 0.507 e. The van der Waals surface area contributed by atoms with Gasteiger partial charge in [-0.2, -0.15) is 0 Å². The molecule has 0 amide bonds.